The Hall–Kier alpha value is -2.06. The molecule has 30 heavy (non-hydrogen) atoms. The van der Waals surface area contributed by atoms with Crippen molar-refractivity contribution in [2.45, 2.75) is 26.7 Å². The van der Waals surface area contributed by atoms with Gasteiger partial charge in [0.05, 0.1) is 22.2 Å². The van der Waals surface area contributed by atoms with Crippen molar-refractivity contribution >= 4 is 43.7 Å². The number of nitrogens with one attached hydrogen (secondary N) is 2. The molecule has 0 aliphatic heterocycles. The van der Waals surface area contributed by atoms with E-state index in [1.54, 1.807) is 36.4 Å². The van der Waals surface area contributed by atoms with Gasteiger partial charge < -0.3 is 20.1 Å². The summed E-state index contributed by atoms with van der Waals surface area (Å²) in [6, 6.07) is 10.4. The van der Waals surface area contributed by atoms with Crippen LogP contribution in [0.2, 0.25) is 0 Å². The van der Waals surface area contributed by atoms with Crippen molar-refractivity contribution in [1.82, 2.24) is 10.6 Å². The van der Waals surface area contributed by atoms with Crippen LogP contribution in [0.15, 0.2) is 45.3 Å². The molecule has 0 heterocycles. The number of carbonyl (C=O) groups is 2. The van der Waals surface area contributed by atoms with Crippen LogP contribution in [0.1, 0.15) is 47.4 Å². The minimum atomic E-state index is -0.216. The van der Waals surface area contributed by atoms with Crippen LogP contribution >= 0.6 is 31.9 Å². The number of amides is 2. The van der Waals surface area contributed by atoms with Crippen LogP contribution in [-0.4, -0.2) is 38.1 Å². The second-order valence-electron chi connectivity index (χ2n) is 6.50. The number of hydrogen-bond donors (Lipinski definition) is 2. The molecule has 162 valence electrons. The van der Waals surface area contributed by atoms with Gasteiger partial charge in [0.1, 0.15) is 11.5 Å². The van der Waals surface area contributed by atoms with Gasteiger partial charge in [-0.05, 0) is 81.1 Å². The normalized spacial score (nSPS) is 10.4. The molecule has 0 bridgehead atoms. The van der Waals surface area contributed by atoms with Crippen molar-refractivity contribution in [2.24, 2.45) is 0 Å². The molecule has 6 nitrogen and oxygen atoms in total. The fourth-order valence-electron chi connectivity index (χ4n) is 2.50. The van der Waals surface area contributed by atoms with Crippen molar-refractivity contribution in [2.75, 3.05) is 26.3 Å². The molecule has 0 spiro atoms. The van der Waals surface area contributed by atoms with Crippen LogP contribution in [0.25, 0.3) is 0 Å². The van der Waals surface area contributed by atoms with Crippen LogP contribution in [0.3, 0.4) is 0 Å². The van der Waals surface area contributed by atoms with E-state index in [2.05, 4.69) is 42.5 Å². The SMILES string of the molecule is CCCOc1ccc(C(=O)NCCNC(=O)c2ccc(OCCC)c(Br)c2)cc1Br. The van der Waals surface area contributed by atoms with E-state index in [1.165, 1.54) is 0 Å². The summed E-state index contributed by atoms with van der Waals surface area (Å²) >= 11 is 6.84. The molecule has 0 radical (unpaired) electrons. The Morgan fingerprint density at radius 1 is 0.767 bits per heavy atom. The summed E-state index contributed by atoms with van der Waals surface area (Å²) in [7, 11) is 0. The van der Waals surface area contributed by atoms with E-state index in [9.17, 15) is 9.59 Å². The van der Waals surface area contributed by atoms with E-state index in [4.69, 9.17) is 9.47 Å². The van der Waals surface area contributed by atoms with E-state index >= 15 is 0 Å². The Morgan fingerprint density at radius 3 is 1.50 bits per heavy atom. The van der Waals surface area contributed by atoms with Crippen LogP contribution < -0.4 is 20.1 Å². The Morgan fingerprint density at radius 2 is 1.17 bits per heavy atom. The maximum absolute atomic E-state index is 12.3. The second-order valence-corrected chi connectivity index (χ2v) is 8.21. The van der Waals surface area contributed by atoms with Gasteiger partial charge in [-0.2, -0.15) is 0 Å². The van der Waals surface area contributed by atoms with E-state index in [0.717, 1.165) is 21.8 Å². The molecule has 2 aromatic carbocycles. The first kappa shape index (κ1) is 24.2. The number of carbonyl (C=O) groups excluding carboxylic acids is 2. The highest BCUT2D eigenvalue weighted by Crippen LogP contribution is 2.27. The zero-order valence-electron chi connectivity index (χ0n) is 17.1. The molecule has 2 amide bonds. The van der Waals surface area contributed by atoms with Gasteiger partial charge in [-0.15, -0.1) is 0 Å². The molecule has 0 fully saturated rings. The molecule has 0 atom stereocenters. The third kappa shape index (κ3) is 7.32. The number of rotatable bonds is 11. The lowest BCUT2D eigenvalue weighted by molar-refractivity contribution is 0.0927. The molecule has 8 heteroatoms. The summed E-state index contributed by atoms with van der Waals surface area (Å²) < 4.78 is 12.6. The summed E-state index contributed by atoms with van der Waals surface area (Å²) in [4.78, 5) is 24.6. The maximum atomic E-state index is 12.3. The van der Waals surface area contributed by atoms with Crippen molar-refractivity contribution in [3.8, 4) is 11.5 Å². The lowest BCUT2D eigenvalue weighted by atomic mass is 10.2. The quantitative estimate of drug-likeness (QED) is 0.395. The summed E-state index contributed by atoms with van der Waals surface area (Å²) in [5, 5.41) is 5.59. The third-order valence-electron chi connectivity index (χ3n) is 4.01. The predicted octanol–water partition coefficient (Wildman–Crippen LogP) is 4.95. The standard InChI is InChI=1S/C22H26Br2N2O4/c1-3-11-29-19-7-5-15(13-17(19)23)21(27)25-9-10-26-22(28)16-6-8-20(18(24)14-16)30-12-4-2/h5-8,13-14H,3-4,9-12H2,1-2H3,(H,25,27)(H,26,28). The summed E-state index contributed by atoms with van der Waals surface area (Å²) in [6.45, 7) is 5.93. The van der Waals surface area contributed by atoms with Crippen molar-refractivity contribution < 1.29 is 19.1 Å². The minimum absolute atomic E-state index is 0.216. The monoisotopic (exact) mass is 540 g/mol. The minimum Gasteiger partial charge on any atom is -0.492 e. The van der Waals surface area contributed by atoms with Crippen molar-refractivity contribution in [3.63, 3.8) is 0 Å². The fraction of sp³-hybridized carbons (Fsp3) is 0.364. The Kier molecular flexibility index (Phi) is 10.2. The Balaban J connectivity index is 1.80. The van der Waals surface area contributed by atoms with E-state index in [0.29, 0.717) is 48.9 Å². The lowest BCUT2D eigenvalue weighted by Gasteiger charge is -2.11. The zero-order chi connectivity index (χ0) is 21.9. The fourth-order valence-corrected chi connectivity index (χ4v) is 3.48. The Labute approximate surface area is 194 Å². The highest BCUT2D eigenvalue weighted by molar-refractivity contribution is 9.10. The van der Waals surface area contributed by atoms with Crippen molar-refractivity contribution in [1.29, 1.82) is 0 Å². The first-order chi connectivity index (χ1) is 14.5. The number of halogens is 2. The molecular weight excluding hydrogens is 516 g/mol. The van der Waals surface area contributed by atoms with Gasteiger partial charge in [0.15, 0.2) is 0 Å². The second kappa shape index (κ2) is 12.6. The van der Waals surface area contributed by atoms with Gasteiger partial charge in [0, 0.05) is 24.2 Å². The predicted molar refractivity (Wildman–Crippen MR) is 125 cm³/mol. The third-order valence-corrected chi connectivity index (χ3v) is 5.25. The summed E-state index contributed by atoms with van der Waals surface area (Å²) in [5.74, 6) is 0.982. The van der Waals surface area contributed by atoms with E-state index in [-0.39, 0.29) is 11.8 Å². The molecule has 2 rings (SSSR count). The van der Waals surface area contributed by atoms with Crippen LogP contribution in [0.5, 0.6) is 11.5 Å². The molecule has 0 aliphatic carbocycles. The molecule has 0 aromatic heterocycles. The summed E-state index contributed by atoms with van der Waals surface area (Å²) in [5.41, 5.74) is 1.03. The zero-order valence-corrected chi connectivity index (χ0v) is 20.3. The van der Waals surface area contributed by atoms with Gasteiger partial charge in [-0.3, -0.25) is 9.59 Å². The molecule has 0 aliphatic rings. The van der Waals surface area contributed by atoms with Gasteiger partial charge in [0.25, 0.3) is 11.8 Å². The number of benzene rings is 2. The van der Waals surface area contributed by atoms with Crippen LogP contribution in [0.4, 0.5) is 0 Å². The maximum Gasteiger partial charge on any atom is 0.251 e. The highest BCUT2D eigenvalue weighted by atomic mass is 79.9. The van der Waals surface area contributed by atoms with Gasteiger partial charge >= 0.3 is 0 Å². The van der Waals surface area contributed by atoms with E-state index < -0.39 is 0 Å². The average molecular weight is 542 g/mol. The molecule has 2 aromatic rings. The largest absolute Gasteiger partial charge is 0.492 e. The number of ether oxygens (including phenoxy) is 2. The van der Waals surface area contributed by atoms with Gasteiger partial charge in [-0.1, -0.05) is 13.8 Å². The van der Waals surface area contributed by atoms with Crippen LogP contribution in [0, 0.1) is 0 Å². The Bertz CT molecular complexity index is 803. The van der Waals surface area contributed by atoms with Crippen LogP contribution in [-0.2, 0) is 0 Å². The topological polar surface area (TPSA) is 76.7 Å². The van der Waals surface area contributed by atoms with Crippen molar-refractivity contribution in [3.05, 3.63) is 56.5 Å². The first-order valence-electron chi connectivity index (χ1n) is 9.87. The van der Waals surface area contributed by atoms with Gasteiger partial charge in [0.2, 0.25) is 0 Å². The highest BCUT2D eigenvalue weighted by Gasteiger charge is 2.11. The molecule has 0 saturated heterocycles. The molecule has 0 unspecified atom stereocenters. The summed E-state index contributed by atoms with van der Waals surface area (Å²) in [6.07, 6.45) is 1.82. The lowest BCUT2D eigenvalue weighted by Crippen LogP contribution is -2.34. The molecular formula is C22H26Br2N2O4. The van der Waals surface area contributed by atoms with E-state index in [1.807, 2.05) is 13.8 Å². The molecule has 2 N–H and O–H groups in total. The smallest absolute Gasteiger partial charge is 0.251 e. The van der Waals surface area contributed by atoms with Gasteiger partial charge in [-0.25, -0.2) is 0 Å². The number of hydrogen-bond acceptors (Lipinski definition) is 4. The first-order valence-corrected chi connectivity index (χ1v) is 11.5. The molecule has 0 saturated carbocycles. The average Bonchev–Trinajstić information content (AvgIpc) is 2.74.